The van der Waals surface area contributed by atoms with Crippen LogP contribution in [0.3, 0.4) is 0 Å². The van der Waals surface area contributed by atoms with Crippen LogP contribution in [-0.4, -0.2) is 41.1 Å². The number of halogens is 1. The molecular weight excluding hydrogens is 355 g/mol. The Bertz CT molecular complexity index is 179. The van der Waals surface area contributed by atoms with E-state index in [-0.39, 0.29) is 24.0 Å². The molecule has 0 amide bonds. The van der Waals surface area contributed by atoms with Gasteiger partial charge in [0.25, 0.3) is 0 Å². The first-order valence-corrected chi connectivity index (χ1v) is 8.36. The van der Waals surface area contributed by atoms with Gasteiger partial charge in [0.1, 0.15) is 0 Å². The molecule has 0 N–H and O–H groups in total. The first kappa shape index (κ1) is 17.2. The molecule has 98 valence electrons. The van der Waals surface area contributed by atoms with Crippen LogP contribution in [0.25, 0.3) is 0 Å². The highest BCUT2D eigenvalue weighted by Crippen LogP contribution is 2.42. The Morgan fingerprint density at radius 3 is 2.12 bits per heavy atom. The molecule has 3 nitrogen and oxygen atoms in total. The summed E-state index contributed by atoms with van der Waals surface area (Å²) in [6, 6.07) is 0. The molecule has 1 aliphatic rings. The second-order valence-electron chi connectivity index (χ2n) is 3.78. The molecule has 0 spiro atoms. The summed E-state index contributed by atoms with van der Waals surface area (Å²) in [6.45, 7) is 2.20. The highest BCUT2D eigenvalue weighted by Gasteiger charge is 2.50. The monoisotopic (exact) mass is 378 g/mol. The van der Waals surface area contributed by atoms with Crippen LogP contribution >= 0.6 is 35.7 Å². The van der Waals surface area contributed by atoms with E-state index in [1.54, 1.807) is 21.3 Å². The molecule has 1 heterocycles. The van der Waals surface area contributed by atoms with Crippen molar-refractivity contribution in [3.63, 3.8) is 0 Å². The zero-order valence-electron chi connectivity index (χ0n) is 10.5. The molecule has 1 rings (SSSR count). The molecule has 0 aromatic carbocycles. The summed E-state index contributed by atoms with van der Waals surface area (Å²) < 4.78 is 16.7. The third-order valence-electron chi connectivity index (χ3n) is 3.16. The van der Waals surface area contributed by atoms with Gasteiger partial charge >= 0.3 is 8.80 Å². The van der Waals surface area contributed by atoms with Crippen molar-refractivity contribution in [1.82, 2.24) is 0 Å². The Labute approximate surface area is 121 Å². The third-order valence-corrected chi connectivity index (χ3v) is 8.35. The van der Waals surface area contributed by atoms with Crippen LogP contribution in [0.15, 0.2) is 0 Å². The van der Waals surface area contributed by atoms with Gasteiger partial charge in [-0.15, -0.1) is 24.0 Å². The minimum absolute atomic E-state index is 0. The van der Waals surface area contributed by atoms with Crippen molar-refractivity contribution in [2.24, 2.45) is 0 Å². The van der Waals surface area contributed by atoms with E-state index in [0.717, 1.165) is 6.42 Å². The fraction of sp³-hybridized carbons (Fsp3) is 1.00. The molecule has 0 aliphatic carbocycles. The Morgan fingerprint density at radius 1 is 1.25 bits per heavy atom. The van der Waals surface area contributed by atoms with Gasteiger partial charge in [-0.3, -0.25) is 0 Å². The lowest BCUT2D eigenvalue weighted by Gasteiger charge is -2.34. The van der Waals surface area contributed by atoms with E-state index >= 15 is 0 Å². The fourth-order valence-corrected chi connectivity index (χ4v) is 7.08. The van der Waals surface area contributed by atoms with E-state index in [2.05, 4.69) is 6.92 Å². The molecule has 2 unspecified atom stereocenters. The molecule has 1 aliphatic heterocycles. The minimum atomic E-state index is -2.43. The lowest BCUT2D eigenvalue weighted by atomic mass is 10.1. The smallest absolute Gasteiger partial charge is 0.377 e. The van der Waals surface area contributed by atoms with Crippen LogP contribution in [0, 0.1) is 0 Å². The standard InChI is InChI=1S/C10H22O3SSi.HI/c1-5-10(9-7-6-8-14-9)15(11-2,12-3)13-4;/h9-10H,5-8H2,1-4H3;1H. The average Bonchev–Trinajstić information content (AvgIpc) is 2.79. The maximum Gasteiger partial charge on any atom is 0.504 e. The molecule has 2 atom stereocenters. The predicted molar refractivity (Wildman–Crippen MR) is 81.7 cm³/mol. The van der Waals surface area contributed by atoms with Gasteiger partial charge in [0, 0.05) is 32.1 Å². The normalized spacial score (nSPS) is 22.9. The highest BCUT2D eigenvalue weighted by molar-refractivity contribution is 14.0. The van der Waals surface area contributed by atoms with Crippen molar-refractivity contribution < 1.29 is 13.3 Å². The lowest BCUT2D eigenvalue weighted by Crippen LogP contribution is -2.50. The van der Waals surface area contributed by atoms with E-state index in [1.807, 2.05) is 11.8 Å². The first-order chi connectivity index (χ1) is 7.24. The Kier molecular flexibility index (Phi) is 8.92. The van der Waals surface area contributed by atoms with E-state index in [4.69, 9.17) is 13.3 Å². The van der Waals surface area contributed by atoms with Crippen molar-refractivity contribution in [3.05, 3.63) is 0 Å². The molecule has 0 bridgehead atoms. The summed E-state index contributed by atoms with van der Waals surface area (Å²) in [5, 5.41) is 0.654. The summed E-state index contributed by atoms with van der Waals surface area (Å²) >= 11 is 2.04. The SMILES string of the molecule is CCC(C1CCCS1)[Si](OC)(OC)OC.I. The largest absolute Gasteiger partial charge is 0.504 e. The maximum atomic E-state index is 5.58. The van der Waals surface area contributed by atoms with Gasteiger partial charge in [-0.25, -0.2) is 0 Å². The van der Waals surface area contributed by atoms with Crippen molar-refractivity contribution >= 4 is 44.5 Å². The van der Waals surface area contributed by atoms with Crippen molar-refractivity contribution in [1.29, 1.82) is 0 Å². The Balaban J connectivity index is 0.00000225. The average molecular weight is 378 g/mol. The van der Waals surface area contributed by atoms with Gasteiger partial charge < -0.3 is 13.3 Å². The molecule has 1 fully saturated rings. The summed E-state index contributed by atoms with van der Waals surface area (Å²) in [5.74, 6) is 1.27. The van der Waals surface area contributed by atoms with Crippen molar-refractivity contribution in [2.75, 3.05) is 27.1 Å². The molecule has 0 aromatic rings. The van der Waals surface area contributed by atoms with Gasteiger partial charge in [-0.05, 0) is 25.0 Å². The molecule has 0 saturated carbocycles. The van der Waals surface area contributed by atoms with E-state index in [1.165, 1.54) is 18.6 Å². The fourth-order valence-electron chi connectivity index (χ4n) is 2.36. The molecule has 0 radical (unpaired) electrons. The summed E-state index contributed by atoms with van der Waals surface area (Å²) in [7, 11) is 2.70. The number of thioether (sulfide) groups is 1. The topological polar surface area (TPSA) is 27.7 Å². The van der Waals surface area contributed by atoms with Crippen LogP contribution in [-0.2, 0) is 13.3 Å². The zero-order valence-corrected chi connectivity index (χ0v) is 14.7. The van der Waals surface area contributed by atoms with Crippen molar-refractivity contribution in [2.45, 2.75) is 37.0 Å². The number of hydrogen-bond donors (Lipinski definition) is 0. The number of rotatable bonds is 6. The van der Waals surface area contributed by atoms with Gasteiger partial charge in [0.2, 0.25) is 0 Å². The highest BCUT2D eigenvalue weighted by atomic mass is 127. The van der Waals surface area contributed by atoms with E-state index in [0.29, 0.717) is 10.8 Å². The van der Waals surface area contributed by atoms with E-state index < -0.39 is 8.80 Å². The van der Waals surface area contributed by atoms with Gasteiger partial charge in [0.15, 0.2) is 0 Å². The maximum absolute atomic E-state index is 5.58. The van der Waals surface area contributed by atoms with Crippen LogP contribution in [0.1, 0.15) is 26.2 Å². The predicted octanol–water partition coefficient (Wildman–Crippen LogP) is 3.16. The van der Waals surface area contributed by atoms with Crippen LogP contribution in [0.4, 0.5) is 0 Å². The first-order valence-electron chi connectivity index (χ1n) is 5.51. The van der Waals surface area contributed by atoms with Crippen LogP contribution in [0.2, 0.25) is 5.54 Å². The van der Waals surface area contributed by atoms with Gasteiger partial charge in [-0.1, -0.05) is 6.92 Å². The zero-order chi connectivity index (χ0) is 11.3. The second-order valence-corrected chi connectivity index (χ2v) is 8.30. The molecular formula is C10H23IO3SSi. The summed E-state index contributed by atoms with van der Waals surface area (Å²) in [4.78, 5) is 0. The van der Waals surface area contributed by atoms with Gasteiger partial charge in [0.05, 0.1) is 0 Å². The second kappa shape index (κ2) is 8.31. The quantitative estimate of drug-likeness (QED) is 0.524. The molecule has 1 saturated heterocycles. The summed E-state index contributed by atoms with van der Waals surface area (Å²) in [6.07, 6.45) is 3.65. The van der Waals surface area contributed by atoms with E-state index in [9.17, 15) is 0 Å². The molecule has 16 heavy (non-hydrogen) atoms. The summed E-state index contributed by atoms with van der Waals surface area (Å²) in [5.41, 5.74) is 0.435. The van der Waals surface area contributed by atoms with Crippen molar-refractivity contribution in [3.8, 4) is 0 Å². The van der Waals surface area contributed by atoms with Crippen LogP contribution < -0.4 is 0 Å². The Hall–Kier alpha value is 1.18. The Morgan fingerprint density at radius 2 is 1.81 bits per heavy atom. The van der Waals surface area contributed by atoms with Crippen LogP contribution in [0.5, 0.6) is 0 Å². The van der Waals surface area contributed by atoms with Gasteiger partial charge in [-0.2, -0.15) is 11.8 Å². The third kappa shape index (κ3) is 3.58. The minimum Gasteiger partial charge on any atom is -0.377 e. The lowest BCUT2D eigenvalue weighted by molar-refractivity contribution is 0.109. The molecule has 6 heteroatoms. The molecule has 0 aromatic heterocycles. The number of hydrogen-bond acceptors (Lipinski definition) is 4.